The summed E-state index contributed by atoms with van der Waals surface area (Å²) in [5.41, 5.74) is 5.46. The molecule has 0 heterocycles. The van der Waals surface area contributed by atoms with Gasteiger partial charge in [0.1, 0.15) is 6.04 Å². The summed E-state index contributed by atoms with van der Waals surface area (Å²) < 4.78 is 4.46. The van der Waals surface area contributed by atoms with Crippen molar-refractivity contribution in [2.45, 2.75) is 6.04 Å². The maximum absolute atomic E-state index is 10.7. The summed E-state index contributed by atoms with van der Waals surface area (Å²) in [7, 11) is 1.35. The van der Waals surface area contributed by atoms with Gasteiger partial charge in [0.15, 0.2) is 0 Å². The smallest absolute Gasteiger partial charge is 0.323 e. The molecular formula is C6H13NO2S2. The fourth-order valence-electron chi connectivity index (χ4n) is 0.478. The molecule has 0 spiro atoms. The van der Waals surface area contributed by atoms with E-state index in [9.17, 15) is 4.79 Å². The lowest BCUT2D eigenvalue weighted by molar-refractivity contribution is -0.141. The Hall–Kier alpha value is 0.130. The van der Waals surface area contributed by atoms with Gasteiger partial charge in [0.2, 0.25) is 0 Å². The van der Waals surface area contributed by atoms with Crippen molar-refractivity contribution in [3.63, 3.8) is 0 Å². The average Bonchev–Trinajstić information content (AvgIpc) is 2.03. The molecule has 0 bridgehead atoms. The van der Waals surface area contributed by atoms with Crippen LogP contribution in [-0.2, 0) is 9.53 Å². The van der Waals surface area contributed by atoms with Gasteiger partial charge in [-0.2, -0.15) is 11.8 Å². The van der Waals surface area contributed by atoms with Crippen LogP contribution < -0.4 is 5.73 Å². The van der Waals surface area contributed by atoms with Crippen molar-refractivity contribution in [1.82, 2.24) is 0 Å². The normalized spacial score (nSPS) is 12.6. The lowest BCUT2D eigenvalue weighted by Crippen LogP contribution is -2.33. The van der Waals surface area contributed by atoms with Crippen molar-refractivity contribution < 1.29 is 9.53 Å². The van der Waals surface area contributed by atoms with Crippen LogP contribution in [0.15, 0.2) is 0 Å². The van der Waals surface area contributed by atoms with Crippen LogP contribution in [0.5, 0.6) is 0 Å². The molecule has 0 aliphatic carbocycles. The molecule has 0 unspecified atom stereocenters. The maximum atomic E-state index is 10.7. The van der Waals surface area contributed by atoms with Crippen LogP contribution in [-0.4, -0.2) is 36.2 Å². The van der Waals surface area contributed by atoms with E-state index in [1.807, 2.05) is 6.26 Å². The van der Waals surface area contributed by atoms with Gasteiger partial charge in [-0.3, -0.25) is 4.79 Å². The van der Waals surface area contributed by atoms with Crippen LogP contribution in [0.1, 0.15) is 0 Å². The van der Waals surface area contributed by atoms with Gasteiger partial charge in [-0.05, 0) is 6.26 Å². The molecule has 0 amide bonds. The zero-order valence-corrected chi connectivity index (χ0v) is 8.33. The molecule has 66 valence electrons. The molecule has 0 aromatic rings. The van der Waals surface area contributed by atoms with E-state index in [4.69, 9.17) is 5.73 Å². The Labute approximate surface area is 75.4 Å². The van der Waals surface area contributed by atoms with E-state index >= 15 is 0 Å². The minimum Gasteiger partial charge on any atom is -0.468 e. The zero-order chi connectivity index (χ0) is 8.69. The number of carbonyl (C=O) groups is 1. The van der Waals surface area contributed by atoms with Crippen molar-refractivity contribution in [3.8, 4) is 0 Å². The Morgan fingerprint density at radius 2 is 2.36 bits per heavy atom. The molecule has 1 atom stereocenters. The van der Waals surface area contributed by atoms with Gasteiger partial charge in [-0.15, -0.1) is 11.8 Å². The highest BCUT2D eigenvalue weighted by atomic mass is 32.2. The quantitative estimate of drug-likeness (QED) is 0.394. The second-order valence-electron chi connectivity index (χ2n) is 1.91. The minimum absolute atomic E-state index is 0.335. The van der Waals surface area contributed by atoms with Crippen LogP contribution in [0.4, 0.5) is 0 Å². The summed E-state index contributed by atoms with van der Waals surface area (Å²) >= 11 is 3.36. The molecule has 0 aromatic carbocycles. The monoisotopic (exact) mass is 195 g/mol. The summed E-state index contributed by atoms with van der Waals surface area (Å²) in [6.07, 6.45) is 2.01. The van der Waals surface area contributed by atoms with Crippen molar-refractivity contribution in [2.75, 3.05) is 24.2 Å². The highest BCUT2D eigenvalue weighted by Crippen LogP contribution is 2.09. The lowest BCUT2D eigenvalue weighted by Gasteiger charge is -2.07. The third-order valence-corrected chi connectivity index (χ3v) is 3.21. The maximum Gasteiger partial charge on any atom is 0.323 e. The first-order chi connectivity index (χ1) is 5.22. The highest BCUT2D eigenvalue weighted by Gasteiger charge is 2.12. The topological polar surface area (TPSA) is 52.3 Å². The number of methoxy groups -OCH3 is 1. The molecule has 3 nitrogen and oxygen atoms in total. The van der Waals surface area contributed by atoms with E-state index in [0.717, 1.165) is 5.08 Å². The van der Waals surface area contributed by atoms with E-state index in [-0.39, 0.29) is 5.97 Å². The summed E-state index contributed by atoms with van der Waals surface area (Å²) in [6.45, 7) is 0. The third kappa shape index (κ3) is 5.41. The minimum atomic E-state index is -0.475. The van der Waals surface area contributed by atoms with E-state index in [1.54, 1.807) is 23.5 Å². The molecule has 5 heteroatoms. The van der Waals surface area contributed by atoms with E-state index in [1.165, 1.54) is 7.11 Å². The summed E-state index contributed by atoms with van der Waals surface area (Å²) in [4.78, 5) is 10.7. The zero-order valence-electron chi connectivity index (χ0n) is 6.70. The Kier molecular flexibility index (Phi) is 6.90. The van der Waals surface area contributed by atoms with Gasteiger partial charge in [0.05, 0.1) is 7.11 Å². The second kappa shape index (κ2) is 6.82. The molecule has 0 saturated carbocycles. The van der Waals surface area contributed by atoms with Gasteiger partial charge in [0, 0.05) is 10.8 Å². The highest BCUT2D eigenvalue weighted by molar-refractivity contribution is 8.15. The molecule has 0 aliphatic rings. The van der Waals surface area contributed by atoms with Crippen molar-refractivity contribution >= 4 is 29.5 Å². The predicted octanol–water partition coefficient (Wildman–Crippen LogP) is 0.540. The number of nitrogens with two attached hydrogens (primary N) is 1. The van der Waals surface area contributed by atoms with Gasteiger partial charge in [-0.25, -0.2) is 0 Å². The molecule has 2 N–H and O–H groups in total. The molecule has 0 rings (SSSR count). The average molecular weight is 195 g/mol. The number of hydrogen-bond acceptors (Lipinski definition) is 5. The summed E-state index contributed by atoms with van der Waals surface area (Å²) in [6, 6.07) is -0.475. The second-order valence-corrected chi connectivity index (χ2v) is 4.17. The van der Waals surface area contributed by atoms with Crippen molar-refractivity contribution in [3.05, 3.63) is 0 Å². The molecule has 0 aromatic heterocycles. The Morgan fingerprint density at radius 3 is 2.82 bits per heavy atom. The van der Waals surface area contributed by atoms with Crippen LogP contribution >= 0.6 is 23.5 Å². The number of carbonyl (C=O) groups excluding carboxylic acids is 1. The first-order valence-electron chi connectivity index (χ1n) is 3.12. The molecule has 11 heavy (non-hydrogen) atoms. The summed E-state index contributed by atoms with van der Waals surface area (Å²) in [5.74, 6) is 0.298. The van der Waals surface area contributed by atoms with Crippen LogP contribution in [0.2, 0.25) is 0 Å². The predicted molar refractivity (Wildman–Crippen MR) is 50.8 cm³/mol. The number of thioether (sulfide) groups is 2. The fraction of sp³-hybridized carbons (Fsp3) is 0.833. The van der Waals surface area contributed by atoms with Gasteiger partial charge in [-0.1, -0.05) is 0 Å². The van der Waals surface area contributed by atoms with Crippen LogP contribution in [0.25, 0.3) is 0 Å². The van der Waals surface area contributed by atoms with Crippen LogP contribution in [0.3, 0.4) is 0 Å². The van der Waals surface area contributed by atoms with Gasteiger partial charge in [0.25, 0.3) is 0 Å². The number of rotatable bonds is 5. The Bertz CT molecular complexity index is 121. The molecule has 0 radical (unpaired) electrons. The van der Waals surface area contributed by atoms with Gasteiger partial charge >= 0.3 is 5.97 Å². The molecule has 0 saturated heterocycles. The number of hydrogen-bond donors (Lipinski definition) is 1. The van der Waals surface area contributed by atoms with Crippen LogP contribution in [0, 0.1) is 0 Å². The number of esters is 1. The molecular weight excluding hydrogens is 182 g/mol. The fourth-order valence-corrected chi connectivity index (χ4v) is 1.92. The molecule has 0 fully saturated rings. The largest absolute Gasteiger partial charge is 0.468 e. The van der Waals surface area contributed by atoms with E-state index < -0.39 is 6.04 Å². The first kappa shape index (κ1) is 11.1. The lowest BCUT2D eigenvalue weighted by atomic mass is 10.4. The first-order valence-corrected chi connectivity index (χ1v) is 5.67. The van der Waals surface area contributed by atoms with E-state index in [0.29, 0.717) is 5.75 Å². The van der Waals surface area contributed by atoms with Gasteiger partial charge < -0.3 is 10.5 Å². The SMILES string of the molecule is COC(=O)[C@H](N)CSCSC. The summed E-state index contributed by atoms with van der Waals surface area (Å²) in [5, 5.41) is 0.963. The molecule has 0 aliphatic heterocycles. The van der Waals surface area contributed by atoms with Crippen molar-refractivity contribution in [1.29, 1.82) is 0 Å². The Balaban J connectivity index is 3.36. The number of ether oxygens (including phenoxy) is 1. The Morgan fingerprint density at radius 1 is 1.73 bits per heavy atom. The van der Waals surface area contributed by atoms with Crippen molar-refractivity contribution in [2.24, 2.45) is 5.73 Å². The van der Waals surface area contributed by atoms with E-state index in [2.05, 4.69) is 4.74 Å². The standard InChI is InChI=1S/C6H13NO2S2/c1-9-6(8)5(7)3-11-4-10-2/h5H,3-4,7H2,1-2H3/t5-/m1/s1. The third-order valence-electron chi connectivity index (χ3n) is 1.00.